The molecule has 0 spiro atoms. The summed E-state index contributed by atoms with van der Waals surface area (Å²) in [5.41, 5.74) is 2.71. The van der Waals surface area contributed by atoms with Gasteiger partial charge in [-0.15, -0.1) is 0 Å². The Morgan fingerprint density at radius 1 is 1.47 bits per heavy atom. The van der Waals surface area contributed by atoms with Crippen LogP contribution in [-0.2, 0) is 6.42 Å². The van der Waals surface area contributed by atoms with E-state index in [1.165, 1.54) is 0 Å². The summed E-state index contributed by atoms with van der Waals surface area (Å²) in [4.78, 5) is 15.5. The van der Waals surface area contributed by atoms with Gasteiger partial charge >= 0.3 is 0 Å². The summed E-state index contributed by atoms with van der Waals surface area (Å²) in [5.74, 6) is 0.689. The van der Waals surface area contributed by atoms with Crippen molar-refractivity contribution >= 4 is 26.8 Å². The van der Waals surface area contributed by atoms with Crippen LogP contribution in [0.15, 0.2) is 21.5 Å². The summed E-state index contributed by atoms with van der Waals surface area (Å²) < 4.78 is 5.98. The van der Waals surface area contributed by atoms with Gasteiger partial charge in [-0.05, 0) is 40.9 Å². The number of rotatable bonds is 2. The second-order valence-electron chi connectivity index (χ2n) is 3.96. The van der Waals surface area contributed by atoms with Crippen LogP contribution >= 0.6 is 15.9 Å². The molecule has 17 heavy (non-hydrogen) atoms. The molecule has 2 rings (SSSR count). The number of hydrogen-bond donors (Lipinski definition) is 1. The molecule has 1 heterocycles. The Morgan fingerprint density at radius 2 is 2.18 bits per heavy atom. The van der Waals surface area contributed by atoms with Gasteiger partial charge in [0, 0.05) is 11.8 Å². The van der Waals surface area contributed by atoms with Gasteiger partial charge in [-0.1, -0.05) is 6.92 Å². The first-order valence-corrected chi connectivity index (χ1v) is 6.26. The maximum absolute atomic E-state index is 12.3. The Kier molecular flexibility index (Phi) is 3.24. The first-order valence-electron chi connectivity index (χ1n) is 5.47. The van der Waals surface area contributed by atoms with Gasteiger partial charge in [0.05, 0.1) is 22.5 Å². The standard InChI is InChI=1S/C13H14BrNO2/c1-4-8-6-15-12-7(2)5-9(17-3)11(14)10(12)13(8)16/h5-6H,4H2,1-3H3,(H,15,16). The third kappa shape index (κ3) is 1.86. The number of ether oxygens (including phenoxy) is 1. The number of aromatic amines is 1. The van der Waals surface area contributed by atoms with E-state index in [9.17, 15) is 4.79 Å². The van der Waals surface area contributed by atoms with Crippen molar-refractivity contribution in [2.45, 2.75) is 20.3 Å². The van der Waals surface area contributed by atoms with E-state index in [4.69, 9.17) is 4.74 Å². The predicted molar refractivity (Wildman–Crippen MR) is 72.9 cm³/mol. The molecule has 0 radical (unpaired) electrons. The number of halogens is 1. The van der Waals surface area contributed by atoms with Crippen LogP contribution in [-0.4, -0.2) is 12.1 Å². The van der Waals surface area contributed by atoms with Gasteiger partial charge in [-0.3, -0.25) is 4.79 Å². The molecule has 1 aromatic carbocycles. The highest BCUT2D eigenvalue weighted by Crippen LogP contribution is 2.32. The van der Waals surface area contributed by atoms with Crippen molar-refractivity contribution in [3.63, 3.8) is 0 Å². The smallest absolute Gasteiger partial charge is 0.193 e. The average molecular weight is 296 g/mol. The molecule has 0 fully saturated rings. The number of aromatic nitrogens is 1. The van der Waals surface area contributed by atoms with Crippen molar-refractivity contribution in [1.82, 2.24) is 4.98 Å². The Bertz CT molecular complexity index is 631. The van der Waals surface area contributed by atoms with Crippen molar-refractivity contribution in [1.29, 1.82) is 0 Å². The van der Waals surface area contributed by atoms with Crippen molar-refractivity contribution in [2.24, 2.45) is 0 Å². The maximum atomic E-state index is 12.3. The lowest BCUT2D eigenvalue weighted by Gasteiger charge is -2.10. The Morgan fingerprint density at radius 3 is 2.76 bits per heavy atom. The fourth-order valence-corrected chi connectivity index (χ4v) is 2.61. The average Bonchev–Trinajstić information content (AvgIpc) is 2.33. The quantitative estimate of drug-likeness (QED) is 0.925. The molecule has 2 aromatic rings. The number of aryl methyl sites for hydroxylation is 2. The molecule has 0 saturated heterocycles. The lowest BCUT2D eigenvalue weighted by Crippen LogP contribution is -2.10. The zero-order chi connectivity index (χ0) is 12.6. The van der Waals surface area contributed by atoms with E-state index in [-0.39, 0.29) is 5.43 Å². The van der Waals surface area contributed by atoms with E-state index in [2.05, 4.69) is 20.9 Å². The molecule has 1 N–H and O–H groups in total. The van der Waals surface area contributed by atoms with Gasteiger partial charge in [-0.2, -0.15) is 0 Å². The summed E-state index contributed by atoms with van der Waals surface area (Å²) in [5, 5.41) is 0.668. The second-order valence-corrected chi connectivity index (χ2v) is 4.75. The monoisotopic (exact) mass is 295 g/mol. The molecular weight excluding hydrogens is 282 g/mol. The molecular formula is C13H14BrNO2. The number of fused-ring (bicyclic) bond motifs is 1. The third-order valence-electron chi connectivity index (χ3n) is 2.94. The van der Waals surface area contributed by atoms with Crippen LogP contribution < -0.4 is 10.2 Å². The number of benzene rings is 1. The highest BCUT2D eigenvalue weighted by Gasteiger charge is 2.13. The van der Waals surface area contributed by atoms with Gasteiger partial charge in [0.25, 0.3) is 0 Å². The van der Waals surface area contributed by atoms with Gasteiger partial charge in [0.1, 0.15) is 5.75 Å². The molecule has 0 atom stereocenters. The molecule has 1 aromatic heterocycles. The van der Waals surface area contributed by atoms with E-state index in [1.807, 2.05) is 19.9 Å². The van der Waals surface area contributed by atoms with Crippen molar-refractivity contribution in [2.75, 3.05) is 7.11 Å². The molecule has 90 valence electrons. The van der Waals surface area contributed by atoms with Crippen LogP contribution in [0.25, 0.3) is 10.9 Å². The number of pyridine rings is 1. The predicted octanol–water partition coefficient (Wildman–Crippen LogP) is 3.17. The van der Waals surface area contributed by atoms with Crippen molar-refractivity contribution in [3.05, 3.63) is 38.1 Å². The molecule has 0 aliphatic carbocycles. The largest absolute Gasteiger partial charge is 0.496 e. The molecule has 4 heteroatoms. The van der Waals surface area contributed by atoms with Gasteiger partial charge in [0.2, 0.25) is 0 Å². The van der Waals surface area contributed by atoms with Crippen molar-refractivity contribution in [3.8, 4) is 5.75 Å². The topological polar surface area (TPSA) is 42.1 Å². The van der Waals surface area contributed by atoms with Crippen LogP contribution in [0.3, 0.4) is 0 Å². The summed E-state index contributed by atoms with van der Waals surface area (Å²) in [6.45, 7) is 3.93. The van der Waals surface area contributed by atoms with Gasteiger partial charge < -0.3 is 9.72 Å². The van der Waals surface area contributed by atoms with Crippen LogP contribution in [0.2, 0.25) is 0 Å². The molecule has 0 unspecified atom stereocenters. The fourth-order valence-electron chi connectivity index (χ4n) is 1.96. The first kappa shape index (κ1) is 12.2. The maximum Gasteiger partial charge on any atom is 0.193 e. The number of hydrogen-bond acceptors (Lipinski definition) is 2. The molecule has 0 aliphatic heterocycles. The highest BCUT2D eigenvalue weighted by molar-refractivity contribution is 9.10. The highest BCUT2D eigenvalue weighted by atomic mass is 79.9. The third-order valence-corrected chi connectivity index (χ3v) is 3.73. The van der Waals surface area contributed by atoms with Gasteiger partial charge in [-0.25, -0.2) is 0 Å². The minimum Gasteiger partial charge on any atom is -0.496 e. The van der Waals surface area contributed by atoms with Crippen LogP contribution in [0.4, 0.5) is 0 Å². The number of nitrogens with one attached hydrogen (secondary N) is 1. The lowest BCUT2D eigenvalue weighted by molar-refractivity contribution is 0.412. The number of H-pyrrole nitrogens is 1. The van der Waals surface area contributed by atoms with Crippen LogP contribution in [0.5, 0.6) is 5.75 Å². The summed E-state index contributed by atoms with van der Waals surface area (Å²) in [6.07, 6.45) is 2.50. The molecule has 3 nitrogen and oxygen atoms in total. The minimum atomic E-state index is 0.0649. The minimum absolute atomic E-state index is 0.0649. The fraction of sp³-hybridized carbons (Fsp3) is 0.308. The lowest BCUT2D eigenvalue weighted by atomic mass is 10.1. The van der Waals surface area contributed by atoms with Crippen molar-refractivity contribution < 1.29 is 4.74 Å². The Labute approximate surface area is 108 Å². The number of methoxy groups -OCH3 is 1. The molecule has 0 amide bonds. The Hall–Kier alpha value is -1.29. The normalized spacial score (nSPS) is 10.8. The molecule has 0 aliphatic rings. The van der Waals surface area contributed by atoms with E-state index in [0.717, 1.165) is 21.1 Å². The zero-order valence-electron chi connectivity index (χ0n) is 10.1. The SMILES string of the molecule is CCc1c[nH]c2c(C)cc(OC)c(Br)c2c1=O. The van der Waals surface area contributed by atoms with Crippen LogP contribution in [0.1, 0.15) is 18.1 Å². The van der Waals surface area contributed by atoms with Crippen LogP contribution in [0, 0.1) is 6.92 Å². The molecule has 0 saturated carbocycles. The van der Waals surface area contributed by atoms with E-state index < -0.39 is 0 Å². The van der Waals surface area contributed by atoms with E-state index >= 15 is 0 Å². The summed E-state index contributed by atoms with van der Waals surface area (Å²) >= 11 is 3.45. The van der Waals surface area contributed by atoms with E-state index in [0.29, 0.717) is 17.6 Å². The first-order chi connectivity index (χ1) is 8.10. The van der Waals surface area contributed by atoms with E-state index in [1.54, 1.807) is 13.3 Å². The summed E-state index contributed by atoms with van der Waals surface area (Å²) in [6, 6.07) is 1.91. The summed E-state index contributed by atoms with van der Waals surface area (Å²) in [7, 11) is 1.60. The second kappa shape index (κ2) is 4.53. The zero-order valence-corrected chi connectivity index (χ0v) is 11.6. The van der Waals surface area contributed by atoms with Gasteiger partial charge in [0.15, 0.2) is 5.43 Å². The molecule has 0 bridgehead atoms. The Balaban J connectivity index is 2.97.